The molecule has 2 aromatic rings. The molecule has 0 saturated heterocycles. The van der Waals surface area contributed by atoms with Gasteiger partial charge in [0.2, 0.25) is 12.3 Å². The smallest absolute Gasteiger partial charge is 0.396 e. The maximum atomic E-state index is 11.9. The lowest BCUT2D eigenvalue weighted by atomic mass is 10.2. The van der Waals surface area contributed by atoms with Crippen LogP contribution in [0.25, 0.3) is 0 Å². The van der Waals surface area contributed by atoms with E-state index in [4.69, 9.17) is 14.0 Å². The van der Waals surface area contributed by atoms with Crippen molar-refractivity contribution in [1.82, 2.24) is 5.32 Å². The van der Waals surface area contributed by atoms with Crippen molar-refractivity contribution in [1.29, 1.82) is 0 Å². The first-order valence-corrected chi connectivity index (χ1v) is 6.61. The zero-order chi connectivity index (χ0) is 16.8. The largest absolute Gasteiger partial charge is 0.519 e. The van der Waals surface area contributed by atoms with Gasteiger partial charge in [-0.25, -0.2) is 10.0 Å². The Labute approximate surface area is 129 Å². The standard InChI is InChI=1S/C13H14N3O7/c1-9-11(23-13(18)22-9)8-15-5-2-3-10(7-15)12(17)14-4-6-21-16(19)20/h2-3,5,7H,4,6,8H2,1H3,(H-,14,17,19,20)/q+1/p+1. The van der Waals surface area contributed by atoms with Crippen molar-refractivity contribution < 1.29 is 33.3 Å². The van der Waals surface area contributed by atoms with Crippen molar-refractivity contribution in [2.24, 2.45) is 0 Å². The maximum absolute atomic E-state index is 11.9. The molecular weight excluding hydrogens is 310 g/mol. The van der Waals surface area contributed by atoms with Gasteiger partial charge in [-0.3, -0.25) is 4.79 Å². The van der Waals surface area contributed by atoms with Crippen molar-refractivity contribution in [3.63, 3.8) is 0 Å². The number of hydrogen-bond donors (Lipinski definition) is 2. The summed E-state index contributed by atoms with van der Waals surface area (Å²) in [5.74, 6) is -0.419. The zero-order valence-electron chi connectivity index (χ0n) is 12.2. The van der Waals surface area contributed by atoms with E-state index in [0.717, 1.165) is 0 Å². The lowest BCUT2D eigenvalue weighted by Crippen LogP contribution is -2.36. The second kappa shape index (κ2) is 7.20. The van der Waals surface area contributed by atoms with Crippen LogP contribution in [-0.2, 0) is 11.4 Å². The van der Waals surface area contributed by atoms with Crippen LogP contribution in [0.15, 0.2) is 38.2 Å². The third-order valence-corrected chi connectivity index (χ3v) is 2.87. The summed E-state index contributed by atoms with van der Waals surface area (Å²) in [5.41, 5.74) is 0.360. The number of aryl methyl sites for hydroxylation is 1. The second-order valence-electron chi connectivity index (χ2n) is 4.53. The molecular formula is C13H15N3O7+2. The van der Waals surface area contributed by atoms with Crippen LogP contribution in [0.2, 0.25) is 0 Å². The highest BCUT2D eigenvalue weighted by atomic mass is 16.9. The fourth-order valence-electron chi connectivity index (χ4n) is 1.83. The molecule has 2 heterocycles. The highest BCUT2D eigenvalue weighted by Gasteiger charge is 2.16. The van der Waals surface area contributed by atoms with Gasteiger partial charge in [0.15, 0.2) is 24.8 Å². The molecule has 0 bridgehead atoms. The van der Waals surface area contributed by atoms with E-state index >= 15 is 0 Å². The summed E-state index contributed by atoms with van der Waals surface area (Å²) in [6.07, 6.45) is 3.27. The first kappa shape index (κ1) is 16.2. The molecule has 10 nitrogen and oxygen atoms in total. The van der Waals surface area contributed by atoms with E-state index in [2.05, 4.69) is 10.2 Å². The topological polar surface area (TPSA) is 126 Å². The highest BCUT2D eigenvalue weighted by molar-refractivity contribution is 5.93. The Bertz CT molecular complexity index is 765. The summed E-state index contributed by atoms with van der Waals surface area (Å²) in [6.45, 7) is 1.72. The predicted molar refractivity (Wildman–Crippen MR) is 71.4 cm³/mol. The molecule has 0 unspecified atom stereocenters. The summed E-state index contributed by atoms with van der Waals surface area (Å²) < 4.78 is 11.3. The number of nitrogens with one attached hydrogen (secondary N) is 1. The Morgan fingerprint density at radius 3 is 2.91 bits per heavy atom. The average molecular weight is 325 g/mol. The minimum atomic E-state index is -0.775. The van der Waals surface area contributed by atoms with Gasteiger partial charge in [0.1, 0.15) is 10.5 Å². The molecule has 2 N–H and O–H groups in total. The van der Waals surface area contributed by atoms with Gasteiger partial charge in [-0.05, 0) is 13.0 Å². The summed E-state index contributed by atoms with van der Waals surface area (Å²) in [4.78, 5) is 37.3. The quantitative estimate of drug-likeness (QED) is 0.407. The summed E-state index contributed by atoms with van der Waals surface area (Å²) >= 11 is 0. The first-order valence-electron chi connectivity index (χ1n) is 6.61. The Kier molecular flexibility index (Phi) is 5.07. The summed E-state index contributed by atoms with van der Waals surface area (Å²) in [5, 5.41) is 10.1. The molecule has 0 fully saturated rings. The number of amides is 1. The third kappa shape index (κ3) is 4.66. The Morgan fingerprint density at radius 2 is 2.26 bits per heavy atom. The van der Waals surface area contributed by atoms with Crippen molar-refractivity contribution >= 4 is 5.91 Å². The fraction of sp³-hybridized carbons (Fsp3) is 0.308. The monoisotopic (exact) mass is 325 g/mol. The van der Waals surface area contributed by atoms with E-state index in [1.807, 2.05) is 0 Å². The summed E-state index contributed by atoms with van der Waals surface area (Å²) in [7, 11) is 0. The van der Waals surface area contributed by atoms with Crippen molar-refractivity contribution in [2.45, 2.75) is 13.5 Å². The predicted octanol–water partition coefficient (Wildman–Crippen LogP) is -0.293. The molecule has 122 valence electrons. The van der Waals surface area contributed by atoms with Crippen LogP contribution in [-0.4, -0.2) is 29.4 Å². The molecule has 0 aliphatic carbocycles. The van der Waals surface area contributed by atoms with E-state index in [1.165, 1.54) is 0 Å². The highest BCUT2D eigenvalue weighted by Crippen LogP contribution is 2.04. The third-order valence-electron chi connectivity index (χ3n) is 2.87. The van der Waals surface area contributed by atoms with Gasteiger partial charge in [0.05, 0.1) is 6.54 Å². The number of aromatic nitrogens is 1. The Balaban J connectivity index is 1.99. The van der Waals surface area contributed by atoms with Gasteiger partial charge in [0, 0.05) is 6.07 Å². The lowest BCUT2D eigenvalue weighted by Gasteiger charge is -2.02. The van der Waals surface area contributed by atoms with E-state index in [1.54, 1.807) is 36.0 Å². The lowest BCUT2D eigenvalue weighted by molar-refractivity contribution is -0.975. The molecule has 23 heavy (non-hydrogen) atoms. The SMILES string of the molecule is Cc1oc(=O)oc1C[n+]1cccc(C(=O)NCCO[N+](=O)O)c1. The number of rotatable bonds is 7. The normalized spacial score (nSPS) is 10.3. The van der Waals surface area contributed by atoms with Gasteiger partial charge in [-0.15, -0.1) is 0 Å². The van der Waals surface area contributed by atoms with Gasteiger partial charge in [-0.1, -0.05) is 0 Å². The molecule has 0 radical (unpaired) electrons. The molecule has 0 atom stereocenters. The van der Waals surface area contributed by atoms with E-state index in [0.29, 0.717) is 17.1 Å². The molecule has 1 amide bonds. The minimum Gasteiger partial charge on any atom is -0.396 e. The molecule has 2 aromatic heterocycles. The van der Waals surface area contributed by atoms with Gasteiger partial charge < -0.3 is 14.2 Å². The van der Waals surface area contributed by atoms with Crippen LogP contribution >= 0.6 is 0 Å². The molecule has 0 spiro atoms. The van der Waals surface area contributed by atoms with Crippen LogP contribution in [0.1, 0.15) is 21.9 Å². The van der Waals surface area contributed by atoms with Crippen molar-refractivity contribution in [2.75, 3.05) is 13.2 Å². The van der Waals surface area contributed by atoms with E-state index in [-0.39, 0.29) is 25.6 Å². The number of carbonyl (C=O) groups is 1. The fourth-order valence-corrected chi connectivity index (χ4v) is 1.83. The minimum absolute atomic E-state index is 0.0444. The average Bonchev–Trinajstić information content (AvgIpc) is 2.81. The molecule has 0 saturated carbocycles. The second-order valence-corrected chi connectivity index (χ2v) is 4.53. The van der Waals surface area contributed by atoms with Gasteiger partial charge in [0.25, 0.3) is 5.91 Å². The van der Waals surface area contributed by atoms with E-state index in [9.17, 15) is 14.5 Å². The van der Waals surface area contributed by atoms with Crippen LogP contribution in [0, 0.1) is 11.8 Å². The van der Waals surface area contributed by atoms with Crippen molar-refractivity contribution in [3.05, 3.63) is 57.1 Å². The maximum Gasteiger partial charge on any atom is 0.519 e. The zero-order valence-corrected chi connectivity index (χ0v) is 12.2. The van der Waals surface area contributed by atoms with Crippen LogP contribution in [0.4, 0.5) is 0 Å². The molecule has 2 rings (SSSR count). The van der Waals surface area contributed by atoms with Gasteiger partial charge >= 0.3 is 10.9 Å². The number of hydrogen-bond acceptors (Lipinski definition) is 6. The first-order chi connectivity index (χ1) is 11.0. The molecule has 10 heteroatoms. The van der Waals surface area contributed by atoms with Gasteiger partial charge in [-0.2, -0.15) is 9.40 Å². The molecule has 0 aliphatic rings. The summed E-state index contributed by atoms with van der Waals surface area (Å²) in [6, 6.07) is 3.25. The molecule has 0 aromatic carbocycles. The van der Waals surface area contributed by atoms with Crippen LogP contribution in [0.5, 0.6) is 0 Å². The number of carbonyl (C=O) groups excluding carboxylic acids is 1. The van der Waals surface area contributed by atoms with Crippen LogP contribution < -0.4 is 15.7 Å². The molecule has 0 aliphatic heterocycles. The number of nitrogens with zero attached hydrogens (tertiary/aromatic N) is 2. The van der Waals surface area contributed by atoms with Crippen molar-refractivity contribution in [3.8, 4) is 0 Å². The van der Waals surface area contributed by atoms with E-state index < -0.39 is 10.9 Å². The Hall–Kier alpha value is -3.17. The number of pyridine rings is 1. The Morgan fingerprint density at radius 1 is 1.48 bits per heavy atom. The van der Waals surface area contributed by atoms with Crippen LogP contribution in [0.3, 0.4) is 0 Å².